The van der Waals surface area contributed by atoms with Gasteiger partial charge in [-0.25, -0.2) is 9.97 Å². The summed E-state index contributed by atoms with van der Waals surface area (Å²) >= 11 is 0. The summed E-state index contributed by atoms with van der Waals surface area (Å²) in [6, 6.07) is 8.05. The lowest BCUT2D eigenvalue weighted by Crippen LogP contribution is -2.41. The Kier molecular flexibility index (Phi) is 9.96. The molecule has 0 saturated carbocycles. The van der Waals surface area contributed by atoms with E-state index in [4.69, 9.17) is 19.4 Å². The van der Waals surface area contributed by atoms with E-state index in [1.165, 1.54) is 32.1 Å². The summed E-state index contributed by atoms with van der Waals surface area (Å²) in [4.78, 5) is 27.4. The molecule has 36 heavy (non-hydrogen) atoms. The fourth-order valence-corrected chi connectivity index (χ4v) is 5.19. The summed E-state index contributed by atoms with van der Waals surface area (Å²) in [5.41, 5.74) is 3.27. The second-order valence-corrected chi connectivity index (χ2v) is 9.91. The van der Waals surface area contributed by atoms with Gasteiger partial charge in [-0.1, -0.05) is 63.6 Å². The van der Waals surface area contributed by atoms with Gasteiger partial charge >= 0.3 is 0 Å². The number of benzene rings is 1. The molecule has 0 unspecified atom stereocenters. The molecule has 2 aliphatic rings. The van der Waals surface area contributed by atoms with Crippen LogP contribution in [0.4, 0.5) is 5.82 Å². The first kappa shape index (κ1) is 26.4. The minimum atomic E-state index is 0.264. The third-order valence-electron chi connectivity index (χ3n) is 7.28. The number of para-hydroxylation sites is 1. The molecule has 7 nitrogen and oxygen atoms in total. The summed E-state index contributed by atoms with van der Waals surface area (Å²) in [7, 11) is 1.70. The zero-order valence-electron chi connectivity index (χ0n) is 22.1. The predicted octanol–water partition coefficient (Wildman–Crippen LogP) is 4.94. The van der Waals surface area contributed by atoms with Gasteiger partial charge in [0, 0.05) is 50.0 Å². The fraction of sp³-hybridized carbons (Fsp3) is 0.621. The SMILES string of the molecule is CCCCCCCCCC(=O)N1CCc2nc(Cc3ccccc3OC)nc(N3CCOCC3)c2C1. The largest absolute Gasteiger partial charge is 0.496 e. The normalized spacial score (nSPS) is 15.6. The number of ether oxygens (including phenoxy) is 2. The number of hydrogen-bond acceptors (Lipinski definition) is 6. The predicted molar refractivity (Wildman–Crippen MR) is 143 cm³/mol. The quantitative estimate of drug-likeness (QED) is 0.390. The van der Waals surface area contributed by atoms with E-state index in [-0.39, 0.29) is 5.91 Å². The van der Waals surface area contributed by atoms with Crippen molar-refractivity contribution < 1.29 is 14.3 Å². The number of unbranched alkanes of at least 4 members (excludes halogenated alkanes) is 6. The van der Waals surface area contributed by atoms with Crippen molar-refractivity contribution in [3.05, 3.63) is 46.9 Å². The highest BCUT2D eigenvalue weighted by atomic mass is 16.5. The smallest absolute Gasteiger partial charge is 0.222 e. The molecule has 0 N–H and O–H groups in total. The van der Waals surface area contributed by atoms with Crippen molar-refractivity contribution in [3.63, 3.8) is 0 Å². The van der Waals surface area contributed by atoms with Gasteiger partial charge in [0.15, 0.2) is 0 Å². The fourth-order valence-electron chi connectivity index (χ4n) is 5.19. The molecule has 2 aromatic rings. The van der Waals surface area contributed by atoms with Crippen LogP contribution in [0.3, 0.4) is 0 Å². The number of rotatable bonds is 12. The van der Waals surface area contributed by atoms with E-state index >= 15 is 0 Å². The van der Waals surface area contributed by atoms with Crippen LogP contribution in [-0.2, 0) is 28.9 Å². The molecule has 0 aliphatic carbocycles. The molecular weight excluding hydrogens is 452 g/mol. The molecule has 3 heterocycles. The van der Waals surface area contributed by atoms with Gasteiger partial charge in [-0.3, -0.25) is 4.79 Å². The zero-order chi connectivity index (χ0) is 25.2. The van der Waals surface area contributed by atoms with E-state index in [0.717, 1.165) is 73.1 Å². The minimum absolute atomic E-state index is 0.264. The molecule has 4 rings (SSSR count). The molecule has 7 heteroatoms. The van der Waals surface area contributed by atoms with Crippen molar-refractivity contribution >= 4 is 11.7 Å². The number of carbonyl (C=O) groups excluding carboxylic acids is 1. The molecular formula is C29H42N4O3. The highest BCUT2D eigenvalue weighted by molar-refractivity contribution is 5.76. The van der Waals surface area contributed by atoms with Crippen LogP contribution in [-0.4, -0.2) is 60.7 Å². The topological polar surface area (TPSA) is 67.8 Å². The monoisotopic (exact) mass is 494 g/mol. The maximum absolute atomic E-state index is 13.0. The molecule has 1 aromatic carbocycles. The Hall–Kier alpha value is -2.67. The van der Waals surface area contributed by atoms with E-state index in [9.17, 15) is 4.79 Å². The molecule has 0 atom stereocenters. The molecule has 1 aromatic heterocycles. The lowest BCUT2D eigenvalue weighted by Gasteiger charge is -2.34. The van der Waals surface area contributed by atoms with Gasteiger partial charge in [0.2, 0.25) is 5.91 Å². The second kappa shape index (κ2) is 13.6. The first-order valence-corrected chi connectivity index (χ1v) is 13.8. The highest BCUT2D eigenvalue weighted by Crippen LogP contribution is 2.29. The Bertz CT molecular complexity index is 990. The Morgan fingerprint density at radius 3 is 2.53 bits per heavy atom. The molecule has 1 amide bonds. The van der Waals surface area contributed by atoms with Crippen molar-refractivity contribution in [2.75, 3.05) is 44.9 Å². The standard InChI is InChI=1S/C29H42N4O3/c1-3-4-5-6-7-8-9-14-28(34)33-16-15-25-24(22-33)29(32-17-19-36-20-18-32)31-27(30-25)21-23-12-10-11-13-26(23)35-2/h10-13H,3-9,14-22H2,1-2H3. The Labute approximate surface area is 216 Å². The van der Waals surface area contributed by atoms with Gasteiger partial charge in [0.1, 0.15) is 17.4 Å². The Morgan fingerprint density at radius 2 is 1.75 bits per heavy atom. The molecule has 1 fully saturated rings. The third kappa shape index (κ3) is 6.96. The number of hydrogen-bond donors (Lipinski definition) is 0. The molecule has 0 spiro atoms. The van der Waals surface area contributed by atoms with Crippen LogP contribution in [0.2, 0.25) is 0 Å². The summed E-state index contributed by atoms with van der Waals surface area (Å²) in [5, 5.41) is 0. The summed E-state index contributed by atoms with van der Waals surface area (Å²) < 4.78 is 11.2. The average molecular weight is 495 g/mol. The Balaban J connectivity index is 1.46. The highest BCUT2D eigenvalue weighted by Gasteiger charge is 2.28. The number of fused-ring (bicyclic) bond motifs is 1. The van der Waals surface area contributed by atoms with Crippen LogP contribution in [0.1, 0.15) is 80.9 Å². The molecule has 196 valence electrons. The van der Waals surface area contributed by atoms with E-state index < -0.39 is 0 Å². The van der Waals surface area contributed by atoms with Gasteiger partial charge in [0.05, 0.1) is 32.6 Å². The third-order valence-corrected chi connectivity index (χ3v) is 7.28. The van der Waals surface area contributed by atoms with Crippen molar-refractivity contribution in [2.24, 2.45) is 0 Å². The van der Waals surface area contributed by atoms with E-state index in [1.54, 1.807) is 7.11 Å². The first-order valence-electron chi connectivity index (χ1n) is 13.8. The first-order chi connectivity index (χ1) is 17.7. The number of amides is 1. The van der Waals surface area contributed by atoms with Gasteiger partial charge in [-0.2, -0.15) is 0 Å². The molecule has 1 saturated heterocycles. The van der Waals surface area contributed by atoms with Crippen LogP contribution >= 0.6 is 0 Å². The lowest BCUT2D eigenvalue weighted by molar-refractivity contribution is -0.132. The summed E-state index contributed by atoms with van der Waals surface area (Å²) in [6.45, 7) is 6.59. The van der Waals surface area contributed by atoms with Crippen molar-refractivity contribution in [1.29, 1.82) is 0 Å². The van der Waals surface area contributed by atoms with E-state index in [1.807, 2.05) is 23.1 Å². The van der Waals surface area contributed by atoms with Gasteiger partial charge < -0.3 is 19.3 Å². The van der Waals surface area contributed by atoms with Gasteiger partial charge in [-0.05, 0) is 12.5 Å². The number of aromatic nitrogens is 2. The van der Waals surface area contributed by atoms with E-state index in [0.29, 0.717) is 32.6 Å². The van der Waals surface area contributed by atoms with Crippen LogP contribution in [0.5, 0.6) is 5.75 Å². The molecule has 2 aliphatic heterocycles. The van der Waals surface area contributed by atoms with Crippen molar-refractivity contribution in [2.45, 2.75) is 77.7 Å². The minimum Gasteiger partial charge on any atom is -0.496 e. The van der Waals surface area contributed by atoms with Crippen LogP contribution < -0.4 is 9.64 Å². The van der Waals surface area contributed by atoms with Crippen LogP contribution in [0.15, 0.2) is 24.3 Å². The van der Waals surface area contributed by atoms with Gasteiger partial charge in [0.25, 0.3) is 0 Å². The number of nitrogens with zero attached hydrogens (tertiary/aromatic N) is 4. The summed E-state index contributed by atoms with van der Waals surface area (Å²) in [5.74, 6) is 2.90. The Morgan fingerprint density at radius 1 is 1.00 bits per heavy atom. The number of carbonyl (C=O) groups is 1. The van der Waals surface area contributed by atoms with Crippen molar-refractivity contribution in [3.8, 4) is 5.75 Å². The van der Waals surface area contributed by atoms with E-state index in [2.05, 4.69) is 17.9 Å². The maximum Gasteiger partial charge on any atom is 0.222 e. The summed E-state index contributed by atoms with van der Waals surface area (Å²) in [6.07, 6.45) is 10.6. The van der Waals surface area contributed by atoms with Gasteiger partial charge in [-0.15, -0.1) is 0 Å². The van der Waals surface area contributed by atoms with Crippen LogP contribution in [0.25, 0.3) is 0 Å². The number of methoxy groups -OCH3 is 1. The average Bonchev–Trinajstić information content (AvgIpc) is 2.92. The molecule has 0 radical (unpaired) electrons. The molecule has 0 bridgehead atoms. The number of morpholine rings is 1. The maximum atomic E-state index is 13.0. The lowest BCUT2D eigenvalue weighted by atomic mass is 10.0. The zero-order valence-corrected chi connectivity index (χ0v) is 22.1. The van der Waals surface area contributed by atoms with Crippen molar-refractivity contribution in [1.82, 2.24) is 14.9 Å². The number of anilines is 1. The second-order valence-electron chi connectivity index (χ2n) is 9.91. The van der Waals surface area contributed by atoms with Crippen LogP contribution in [0, 0.1) is 0 Å².